The van der Waals surface area contributed by atoms with Crippen molar-refractivity contribution in [3.05, 3.63) is 34.8 Å². The smallest absolute Gasteiger partial charge is 0.319 e. The summed E-state index contributed by atoms with van der Waals surface area (Å²) in [6.07, 6.45) is 0. The molecular weight excluding hydrogens is 472 g/mol. The van der Waals surface area contributed by atoms with Gasteiger partial charge in [0.15, 0.2) is 4.34 Å². The highest BCUT2D eigenvalue weighted by Gasteiger charge is 2.57. The predicted molar refractivity (Wildman–Crippen MR) is 120 cm³/mol. The summed E-state index contributed by atoms with van der Waals surface area (Å²) in [5.74, 6) is -0.672. The molecule has 2 fully saturated rings. The average Bonchev–Trinajstić information content (AvgIpc) is 3.21. The average molecular weight is 491 g/mol. The summed E-state index contributed by atoms with van der Waals surface area (Å²) in [7, 11) is 0. The largest absolute Gasteiger partial charge is 0.481 e. The first-order valence-corrected chi connectivity index (χ1v) is 12.3. The number of β-lactam (4-membered cyclic amide) rings is 1. The molecule has 2 saturated heterocycles. The molecule has 0 saturated carbocycles. The molecule has 32 heavy (non-hydrogen) atoms. The van der Waals surface area contributed by atoms with Crippen LogP contribution in [0.2, 0.25) is 0 Å². The summed E-state index contributed by atoms with van der Waals surface area (Å²) in [6, 6.07) is 7.10. The Kier molecular flexibility index (Phi) is 6.27. The van der Waals surface area contributed by atoms with Gasteiger partial charge in [-0.25, -0.2) is 4.79 Å². The van der Waals surface area contributed by atoms with Crippen LogP contribution in [0.4, 0.5) is 10.5 Å². The predicted octanol–water partition coefficient (Wildman–Crippen LogP) is 1.99. The second kappa shape index (κ2) is 8.97. The van der Waals surface area contributed by atoms with Crippen molar-refractivity contribution in [2.24, 2.45) is 5.41 Å². The number of carboxylic acid groups (broad SMARTS) is 1. The van der Waals surface area contributed by atoms with E-state index in [0.29, 0.717) is 21.3 Å². The molecule has 2 unspecified atom stereocenters. The fourth-order valence-electron chi connectivity index (χ4n) is 3.38. The Labute approximate surface area is 195 Å². The van der Waals surface area contributed by atoms with Crippen molar-refractivity contribution >= 4 is 58.5 Å². The molecule has 2 aliphatic rings. The molecule has 3 atom stereocenters. The van der Waals surface area contributed by atoms with E-state index in [1.807, 2.05) is 13.0 Å². The molecule has 1 aromatic heterocycles. The maximum Gasteiger partial charge on any atom is 0.319 e. The zero-order valence-electron chi connectivity index (χ0n) is 16.8. The molecule has 2 aromatic rings. The number of carbonyl (C=O) groups excluding carboxylic acids is 2. The van der Waals surface area contributed by atoms with Crippen LogP contribution in [0.3, 0.4) is 0 Å². The van der Waals surface area contributed by atoms with Crippen molar-refractivity contribution in [3.63, 3.8) is 0 Å². The Balaban J connectivity index is 1.35. The zero-order valence-corrected chi connectivity index (χ0v) is 19.2. The van der Waals surface area contributed by atoms with E-state index < -0.39 is 23.5 Å². The quantitative estimate of drug-likeness (QED) is 0.408. The Bertz CT molecular complexity index is 1100. The van der Waals surface area contributed by atoms with E-state index in [1.165, 1.54) is 39.8 Å². The molecule has 4 rings (SSSR count). The SMILES string of the molecule is Cc1nnc(SCC2(C(=O)O)CS[C@@H]3C(NC(=O)Nc4ccc(C#N)cc4)C(=O)N3C2)s1. The number of aryl methyl sites for hydroxylation is 1. The molecule has 13 heteroatoms. The number of urea groups is 1. The zero-order chi connectivity index (χ0) is 22.9. The number of nitrogens with one attached hydrogen (secondary N) is 2. The van der Waals surface area contributed by atoms with Gasteiger partial charge in [0, 0.05) is 23.7 Å². The first-order chi connectivity index (χ1) is 15.3. The number of aliphatic carboxylic acids is 1. The van der Waals surface area contributed by atoms with E-state index >= 15 is 0 Å². The molecule has 0 spiro atoms. The summed E-state index contributed by atoms with van der Waals surface area (Å²) < 4.78 is 0.698. The van der Waals surface area contributed by atoms with E-state index in [1.54, 1.807) is 24.3 Å². The Hall–Kier alpha value is -2.82. The standard InChI is InChI=1S/C19H18N6O4S3/c1-10-23-24-18(32-10)31-9-19(16(27)28)7-25-14(26)13(15(25)30-8-19)22-17(29)21-12-4-2-11(6-20)3-5-12/h2-5,13,15H,7-9H2,1H3,(H,27,28)(H2,21,22,29)/t13?,15-,19?/m1/s1. The number of aromatic nitrogens is 2. The van der Waals surface area contributed by atoms with Gasteiger partial charge in [-0.2, -0.15) is 5.26 Å². The van der Waals surface area contributed by atoms with Crippen LogP contribution in [0.25, 0.3) is 0 Å². The van der Waals surface area contributed by atoms with E-state index in [4.69, 9.17) is 5.26 Å². The summed E-state index contributed by atoms with van der Waals surface area (Å²) in [5.41, 5.74) is -0.132. The molecule has 3 N–H and O–H groups in total. The number of hydrogen-bond donors (Lipinski definition) is 3. The number of carbonyl (C=O) groups is 3. The number of benzene rings is 1. The Morgan fingerprint density at radius 1 is 1.38 bits per heavy atom. The van der Waals surface area contributed by atoms with E-state index in [-0.39, 0.29) is 23.6 Å². The Morgan fingerprint density at radius 2 is 2.12 bits per heavy atom. The lowest BCUT2D eigenvalue weighted by Crippen LogP contribution is -2.74. The van der Waals surface area contributed by atoms with Gasteiger partial charge in [0.25, 0.3) is 0 Å². The van der Waals surface area contributed by atoms with Gasteiger partial charge in [0.2, 0.25) is 5.91 Å². The van der Waals surface area contributed by atoms with Crippen molar-refractivity contribution in [1.29, 1.82) is 5.26 Å². The fourth-order valence-corrected chi connectivity index (χ4v) is 7.06. The van der Waals surface area contributed by atoms with Gasteiger partial charge < -0.3 is 20.6 Å². The van der Waals surface area contributed by atoms with Crippen LogP contribution in [0.5, 0.6) is 0 Å². The fraction of sp³-hybridized carbons (Fsp3) is 0.368. The van der Waals surface area contributed by atoms with Gasteiger partial charge in [0.05, 0.1) is 11.6 Å². The van der Waals surface area contributed by atoms with Gasteiger partial charge in [-0.15, -0.1) is 22.0 Å². The summed E-state index contributed by atoms with van der Waals surface area (Å²) in [5, 5.41) is 32.5. The normalized spacial score (nSPS) is 24.1. The highest BCUT2D eigenvalue weighted by Crippen LogP contribution is 2.44. The van der Waals surface area contributed by atoms with E-state index in [2.05, 4.69) is 20.8 Å². The highest BCUT2D eigenvalue weighted by molar-refractivity contribution is 8.01. The van der Waals surface area contributed by atoms with Gasteiger partial charge in [-0.1, -0.05) is 23.1 Å². The molecule has 3 heterocycles. The van der Waals surface area contributed by atoms with Crippen LogP contribution < -0.4 is 10.6 Å². The number of amides is 3. The van der Waals surface area contributed by atoms with Crippen molar-refractivity contribution in [3.8, 4) is 6.07 Å². The minimum atomic E-state index is -1.10. The van der Waals surface area contributed by atoms with Gasteiger partial charge in [-0.05, 0) is 31.2 Å². The van der Waals surface area contributed by atoms with Crippen LogP contribution in [0.15, 0.2) is 28.6 Å². The lowest BCUT2D eigenvalue weighted by molar-refractivity contribution is -0.155. The first-order valence-electron chi connectivity index (χ1n) is 9.47. The molecule has 0 aliphatic carbocycles. The van der Waals surface area contributed by atoms with Crippen molar-refractivity contribution in [2.75, 3.05) is 23.4 Å². The monoisotopic (exact) mass is 490 g/mol. The lowest BCUT2D eigenvalue weighted by Gasteiger charge is -2.53. The maximum absolute atomic E-state index is 12.7. The highest BCUT2D eigenvalue weighted by atomic mass is 32.2. The number of nitrogens with zero attached hydrogens (tertiary/aromatic N) is 4. The van der Waals surface area contributed by atoms with E-state index in [0.717, 1.165) is 5.01 Å². The maximum atomic E-state index is 12.7. The van der Waals surface area contributed by atoms with Gasteiger partial charge in [-0.3, -0.25) is 9.59 Å². The van der Waals surface area contributed by atoms with Crippen LogP contribution in [0, 0.1) is 23.7 Å². The molecule has 1 aromatic carbocycles. The number of anilines is 1. The molecule has 3 amide bonds. The number of hydrogen-bond acceptors (Lipinski definition) is 9. The second-order valence-electron chi connectivity index (χ2n) is 7.39. The molecular formula is C19H18N6O4S3. The lowest BCUT2D eigenvalue weighted by atomic mass is 9.89. The summed E-state index contributed by atoms with van der Waals surface area (Å²) in [6.45, 7) is 1.91. The van der Waals surface area contributed by atoms with Gasteiger partial charge >= 0.3 is 12.0 Å². The third kappa shape index (κ3) is 4.38. The topological polar surface area (TPSA) is 148 Å². The number of carboxylic acids is 1. The van der Waals surface area contributed by atoms with Crippen molar-refractivity contribution in [1.82, 2.24) is 20.4 Å². The van der Waals surface area contributed by atoms with E-state index in [9.17, 15) is 19.5 Å². The van der Waals surface area contributed by atoms with Crippen LogP contribution in [0.1, 0.15) is 10.6 Å². The van der Waals surface area contributed by atoms with Crippen LogP contribution >= 0.6 is 34.9 Å². The summed E-state index contributed by atoms with van der Waals surface area (Å²) in [4.78, 5) is 38.6. The molecule has 166 valence electrons. The van der Waals surface area contributed by atoms with Crippen LogP contribution in [-0.4, -0.2) is 67.6 Å². The van der Waals surface area contributed by atoms with Crippen LogP contribution in [-0.2, 0) is 9.59 Å². The second-order valence-corrected chi connectivity index (χ2v) is 10.9. The molecule has 10 nitrogen and oxygen atoms in total. The van der Waals surface area contributed by atoms with Gasteiger partial charge in [0.1, 0.15) is 21.8 Å². The third-order valence-corrected chi connectivity index (χ3v) is 8.99. The van der Waals surface area contributed by atoms with Crippen molar-refractivity contribution < 1.29 is 19.5 Å². The number of rotatable bonds is 6. The number of fused-ring (bicyclic) bond motifs is 1. The number of nitriles is 1. The minimum Gasteiger partial charge on any atom is -0.481 e. The van der Waals surface area contributed by atoms with Crippen molar-refractivity contribution in [2.45, 2.75) is 22.7 Å². The molecule has 0 bridgehead atoms. The summed E-state index contributed by atoms with van der Waals surface area (Å²) >= 11 is 4.09. The number of thioether (sulfide) groups is 2. The molecule has 2 aliphatic heterocycles. The first kappa shape index (κ1) is 22.4. The molecule has 0 radical (unpaired) electrons. The minimum absolute atomic E-state index is 0.0824. The Morgan fingerprint density at radius 3 is 2.75 bits per heavy atom. The third-order valence-electron chi connectivity index (χ3n) is 5.14.